The Hall–Kier alpha value is -4.41. The van der Waals surface area contributed by atoms with Crippen molar-refractivity contribution in [3.63, 3.8) is 0 Å². The lowest BCUT2D eigenvalue weighted by Crippen LogP contribution is -2.17. The molecule has 0 aliphatic heterocycles. The second-order valence-corrected chi connectivity index (χ2v) is 6.43. The van der Waals surface area contributed by atoms with Crippen LogP contribution in [0.1, 0.15) is 21.7 Å². The molecule has 11 nitrogen and oxygen atoms in total. The molecule has 1 amide bonds. The summed E-state index contributed by atoms with van der Waals surface area (Å²) in [6, 6.07) is 10.4. The molecule has 0 aliphatic rings. The van der Waals surface area contributed by atoms with Gasteiger partial charge in [0, 0.05) is 18.6 Å². The summed E-state index contributed by atoms with van der Waals surface area (Å²) in [6.07, 6.45) is 2.63. The Bertz CT molecular complexity index is 1100. The number of hydrogen-bond acceptors (Lipinski definition) is 8. The van der Waals surface area contributed by atoms with E-state index in [1.165, 1.54) is 29.1 Å². The van der Waals surface area contributed by atoms with Crippen molar-refractivity contribution in [3.05, 3.63) is 75.7 Å². The number of imidazole rings is 1. The molecule has 0 saturated heterocycles. The molecular formula is C20H19N5O6. The molecule has 1 heterocycles. The molecule has 31 heavy (non-hydrogen) atoms. The lowest BCUT2D eigenvalue weighted by molar-refractivity contribution is -0.392. The molecule has 0 radical (unpaired) electrons. The number of aromatic hydroxyl groups is 2. The predicted octanol–water partition coefficient (Wildman–Crippen LogP) is 2.35. The van der Waals surface area contributed by atoms with Crippen molar-refractivity contribution in [2.24, 2.45) is 5.10 Å². The first-order valence-corrected chi connectivity index (χ1v) is 9.09. The van der Waals surface area contributed by atoms with Gasteiger partial charge < -0.3 is 25.1 Å². The molecule has 0 bridgehead atoms. The van der Waals surface area contributed by atoms with Crippen molar-refractivity contribution in [1.29, 1.82) is 0 Å². The van der Waals surface area contributed by atoms with Gasteiger partial charge in [-0.25, -0.2) is 15.0 Å². The number of nitro groups is 1. The van der Waals surface area contributed by atoms with Crippen LogP contribution < -0.4 is 10.2 Å². The van der Waals surface area contributed by atoms with Gasteiger partial charge >= 0.3 is 5.82 Å². The van der Waals surface area contributed by atoms with Crippen molar-refractivity contribution in [1.82, 2.24) is 15.0 Å². The third-order valence-electron chi connectivity index (χ3n) is 4.23. The number of phenolic OH excluding ortho intramolecular Hbond substituents is 2. The highest BCUT2D eigenvalue weighted by molar-refractivity contribution is 5.95. The molecule has 11 heteroatoms. The third kappa shape index (κ3) is 5.56. The van der Waals surface area contributed by atoms with E-state index in [-0.39, 0.29) is 36.0 Å². The van der Waals surface area contributed by atoms with Crippen LogP contribution in [0, 0.1) is 17.0 Å². The van der Waals surface area contributed by atoms with Gasteiger partial charge in [0.15, 0.2) is 5.82 Å². The fourth-order valence-electron chi connectivity index (χ4n) is 2.74. The Morgan fingerprint density at radius 1 is 1.26 bits per heavy atom. The van der Waals surface area contributed by atoms with Gasteiger partial charge in [-0.2, -0.15) is 5.10 Å². The van der Waals surface area contributed by atoms with Crippen LogP contribution in [0.3, 0.4) is 0 Å². The van der Waals surface area contributed by atoms with Crippen molar-refractivity contribution < 1.29 is 24.7 Å². The zero-order valence-corrected chi connectivity index (χ0v) is 16.4. The fraction of sp³-hybridized carbons (Fsp3) is 0.150. The van der Waals surface area contributed by atoms with E-state index in [0.717, 1.165) is 6.07 Å². The maximum atomic E-state index is 12.0. The number of carbonyl (C=O) groups is 1. The van der Waals surface area contributed by atoms with Crippen LogP contribution >= 0.6 is 0 Å². The van der Waals surface area contributed by atoms with Crippen LogP contribution in [0.2, 0.25) is 0 Å². The molecule has 0 atom stereocenters. The van der Waals surface area contributed by atoms with E-state index >= 15 is 0 Å². The molecule has 0 fully saturated rings. The number of amides is 1. The van der Waals surface area contributed by atoms with E-state index in [2.05, 4.69) is 15.5 Å². The standard InChI is InChI=1S/C20H19N5O6/c1-13-21-12-19(25(29)30)24(13)6-7-31-18-4-2-14(3-5-18)11-22-23-20(28)15-8-16(26)10-17(27)9-15/h2-5,8-12,26-27H,6-7H2,1H3,(H,23,28)/b22-11+. The number of benzene rings is 2. The number of hydrazone groups is 1. The highest BCUT2D eigenvalue weighted by Gasteiger charge is 2.16. The lowest BCUT2D eigenvalue weighted by Gasteiger charge is -2.07. The molecule has 0 saturated carbocycles. The number of nitrogens with one attached hydrogen (secondary N) is 1. The Kier molecular flexibility index (Phi) is 6.45. The monoisotopic (exact) mass is 425 g/mol. The third-order valence-corrected chi connectivity index (χ3v) is 4.23. The first-order chi connectivity index (χ1) is 14.8. The van der Waals surface area contributed by atoms with Crippen LogP contribution in [0.25, 0.3) is 0 Å². The van der Waals surface area contributed by atoms with Crippen molar-refractivity contribution in [2.75, 3.05) is 6.61 Å². The summed E-state index contributed by atoms with van der Waals surface area (Å²) in [4.78, 5) is 26.4. The van der Waals surface area contributed by atoms with Gasteiger partial charge in [0.1, 0.15) is 36.6 Å². The summed E-state index contributed by atoms with van der Waals surface area (Å²) < 4.78 is 7.08. The van der Waals surface area contributed by atoms with Crippen LogP contribution in [-0.4, -0.2) is 43.4 Å². The first kappa shape index (κ1) is 21.3. The van der Waals surface area contributed by atoms with E-state index in [4.69, 9.17) is 4.74 Å². The maximum absolute atomic E-state index is 12.0. The minimum absolute atomic E-state index is 0.0618. The summed E-state index contributed by atoms with van der Waals surface area (Å²) in [5.41, 5.74) is 3.05. The van der Waals surface area contributed by atoms with Gasteiger partial charge in [-0.15, -0.1) is 0 Å². The molecule has 0 aliphatic carbocycles. The molecule has 0 unspecified atom stereocenters. The predicted molar refractivity (Wildman–Crippen MR) is 110 cm³/mol. The summed E-state index contributed by atoms with van der Waals surface area (Å²) in [6.45, 7) is 2.18. The number of aromatic nitrogens is 2. The number of carbonyl (C=O) groups excluding carboxylic acids is 1. The fourth-order valence-corrected chi connectivity index (χ4v) is 2.74. The Morgan fingerprint density at radius 3 is 2.58 bits per heavy atom. The normalized spacial score (nSPS) is 10.9. The zero-order chi connectivity index (χ0) is 22.4. The summed E-state index contributed by atoms with van der Waals surface area (Å²) in [7, 11) is 0. The zero-order valence-electron chi connectivity index (χ0n) is 16.4. The number of nitrogens with zero attached hydrogens (tertiary/aromatic N) is 4. The molecule has 0 spiro atoms. The van der Waals surface area contributed by atoms with Crippen molar-refractivity contribution in [3.8, 4) is 17.2 Å². The smallest absolute Gasteiger partial charge is 0.342 e. The molecule has 3 rings (SSSR count). The van der Waals surface area contributed by atoms with E-state index in [1.807, 2.05) is 0 Å². The minimum Gasteiger partial charge on any atom is -0.508 e. The topological polar surface area (TPSA) is 152 Å². The van der Waals surface area contributed by atoms with Gasteiger partial charge in [0.2, 0.25) is 0 Å². The average molecular weight is 425 g/mol. The number of phenols is 2. The minimum atomic E-state index is -0.591. The highest BCUT2D eigenvalue weighted by atomic mass is 16.6. The van der Waals surface area contributed by atoms with Gasteiger partial charge in [0.05, 0.1) is 6.21 Å². The van der Waals surface area contributed by atoms with E-state index in [1.54, 1.807) is 31.2 Å². The average Bonchev–Trinajstić information content (AvgIpc) is 3.09. The SMILES string of the molecule is Cc1ncc([N+](=O)[O-])n1CCOc1ccc(/C=N/NC(=O)c2cc(O)cc(O)c2)cc1. The quantitative estimate of drug-likeness (QED) is 0.284. The van der Waals surface area contributed by atoms with Crippen molar-refractivity contribution in [2.45, 2.75) is 13.5 Å². The number of rotatable bonds is 8. The van der Waals surface area contributed by atoms with Gasteiger partial charge in [-0.1, -0.05) is 0 Å². The van der Waals surface area contributed by atoms with Crippen molar-refractivity contribution >= 4 is 17.9 Å². The molecular weight excluding hydrogens is 406 g/mol. The summed E-state index contributed by atoms with van der Waals surface area (Å²) in [5.74, 6) is -0.0475. The molecule has 3 aromatic rings. The number of hydrogen-bond donors (Lipinski definition) is 3. The van der Waals surface area contributed by atoms with E-state index in [9.17, 15) is 25.1 Å². The maximum Gasteiger partial charge on any atom is 0.342 e. The Balaban J connectivity index is 1.51. The second-order valence-electron chi connectivity index (χ2n) is 6.43. The van der Waals surface area contributed by atoms with Gasteiger partial charge in [0.25, 0.3) is 5.91 Å². The van der Waals surface area contributed by atoms with Crippen LogP contribution in [0.5, 0.6) is 17.2 Å². The molecule has 2 aromatic carbocycles. The van der Waals surface area contributed by atoms with Gasteiger partial charge in [-0.3, -0.25) is 4.79 Å². The molecule has 160 valence electrons. The van der Waals surface area contributed by atoms with Crippen LogP contribution in [0.4, 0.5) is 5.82 Å². The first-order valence-electron chi connectivity index (χ1n) is 9.09. The van der Waals surface area contributed by atoms with E-state index in [0.29, 0.717) is 17.1 Å². The second kappa shape index (κ2) is 9.39. The van der Waals surface area contributed by atoms with Gasteiger partial charge in [-0.05, 0) is 46.9 Å². The largest absolute Gasteiger partial charge is 0.508 e. The highest BCUT2D eigenvalue weighted by Crippen LogP contribution is 2.20. The van der Waals surface area contributed by atoms with Crippen LogP contribution in [-0.2, 0) is 6.54 Å². The lowest BCUT2D eigenvalue weighted by atomic mass is 10.2. The summed E-state index contributed by atoms with van der Waals surface area (Å²) >= 11 is 0. The Morgan fingerprint density at radius 2 is 1.94 bits per heavy atom. The number of ether oxygens (including phenoxy) is 1. The van der Waals surface area contributed by atoms with Crippen LogP contribution in [0.15, 0.2) is 53.8 Å². The van der Waals surface area contributed by atoms with E-state index < -0.39 is 10.8 Å². The summed E-state index contributed by atoms with van der Waals surface area (Å²) in [5, 5.41) is 33.7. The Labute approximate surface area is 176 Å². The number of aryl methyl sites for hydroxylation is 1. The molecule has 3 N–H and O–H groups in total. The molecule has 1 aromatic heterocycles.